The molecule has 20 heavy (non-hydrogen) atoms. The van der Waals surface area contributed by atoms with Crippen molar-refractivity contribution in [3.8, 4) is 6.07 Å². The van der Waals surface area contributed by atoms with E-state index in [1.807, 2.05) is 11.0 Å². The summed E-state index contributed by atoms with van der Waals surface area (Å²) in [6.07, 6.45) is 3.76. The molecule has 0 aromatic rings. The monoisotopic (exact) mass is 298 g/mol. The number of nitriles is 1. The van der Waals surface area contributed by atoms with Crippen LogP contribution in [0.1, 0.15) is 19.3 Å². The van der Waals surface area contributed by atoms with E-state index >= 15 is 0 Å². The van der Waals surface area contributed by atoms with Gasteiger partial charge in [0.25, 0.3) is 5.91 Å². The Morgan fingerprint density at radius 1 is 1.50 bits per heavy atom. The summed E-state index contributed by atoms with van der Waals surface area (Å²) in [4.78, 5) is 24.7. The predicted octanol–water partition coefficient (Wildman–Crippen LogP) is 0.351. The Hall–Kier alpha value is -1.74. The molecule has 0 aromatic heterocycles. The highest BCUT2D eigenvalue weighted by Gasteiger charge is 2.18. The molecule has 0 atom stereocenters. The van der Waals surface area contributed by atoms with Crippen LogP contribution < -0.4 is 10.6 Å². The molecule has 1 fully saturated rings. The number of amides is 2. The van der Waals surface area contributed by atoms with Gasteiger partial charge < -0.3 is 15.5 Å². The lowest BCUT2D eigenvalue weighted by molar-refractivity contribution is -0.127. The molecule has 1 aliphatic heterocycles. The van der Waals surface area contributed by atoms with Gasteiger partial charge in [-0.2, -0.15) is 5.26 Å². The molecule has 0 aromatic carbocycles. The van der Waals surface area contributed by atoms with E-state index in [0.29, 0.717) is 31.9 Å². The van der Waals surface area contributed by atoms with Crippen LogP contribution in [0, 0.1) is 11.3 Å². The summed E-state index contributed by atoms with van der Waals surface area (Å²) in [5.74, 6) is 0.0796. The van der Waals surface area contributed by atoms with Gasteiger partial charge in [-0.1, -0.05) is 0 Å². The van der Waals surface area contributed by atoms with Crippen molar-refractivity contribution in [3.63, 3.8) is 0 Å². The zero-order valence-corrected chi connectivity index (χ0v) is 12.1. The second kappa shape index (κ2) is 9.21. The largest absolute Gasteiger partial charge is 0.390 e. The Kier molecular flexibility index (Phi) is 7.51. The fourth-order valence-electron chi connectivity index (χ4n) is 1.89. The molecule has 0 unspecified atom stereocenters. The number of nitrogens with zero attached hydrogens (tertiary/aromatic N) is 2. The molecule has 2 amide bonds. The summed E-state index contributed by atoms with van der Waals surface area (Å²) >= 11 is 5.45. The number of carbonyl (C=O) groups is 2. The van der Waals surface area contributed by atoms with Gasteiger partial charge in [0, 0.05) is 44.7 Å². The third-order valence-electron chi connectivity index (χ3n) is 2.91. The molecule has 0 radical (unpaired) electrons. The minimum Gasteiger partial charge on any atom is -0.390 e. The van der Waals surface area contributed by atoms with Gasteiger partial charge in [0.1, 0.15) is 11.6 Å². The standard InChI is InChI=1S/C13H19ClN4O2/c14-4-6-17-13(20)11(9-15)10-16-5-2-8-18-7-1-3-12(18)19/h10,16H,1-8H2,(H,17,20)/b11-10-. The number of rotatable bonds is 8. The van der Waals surface area contributed by atoms with E-state index in [1.165, 1.54) is 6.20 Å². The Bertz CT molecular complexity index is 417. The highest BCUT2D eigenvalue weighted by Crippen LogP contribution is 2.09. The first-order chi connectivity index (χ1) is 9.69. The van der Waals surface area contributed by atoms with Gasteiger partial charge in [0.2, 0.25) is 5.91 Å². The van der Waals surface area contributed by atoms with Gasteiger partial charge in [0.15, 0.2) is 0 Å². The van der Waals surface area contributed by atoms with E-state index in [0.717, 1.165) is 19.4 Å². The van der Waals surface area contributed by atoms with Crippen LogP contribution in [0.2, 0.25) is 0 Å². The van der Waals surface area contributed by atoms with Gasteiger partial charge in [-0.05, 0) is 12.8 Å². The first-order valence-corrected chi connectivity index (χ1v) is 7.18. The summed E-state index contributed by atoms with van der Waals surface area (Å²) in [6, 6.07) is 1.83. The molecule has 0 aliphatic carbocycles. The zero-order chi connectivity index (χ0) is 14.8. The normalized spacial score (nSPS) is 15.1. The maximum atomic E-state index is 11.5. The van der Waals surface area contributed by atoms with Crippen LogP contribution in [0.25, 0.3) is 0 Å². The van der Waals surface area contributed by atoms with E-state index in [9.17, 15) is 9.59 Å². The maximum absolute atomic E-state index is 11.5. The lowest BCUT2D eigenvalue weighted by Crippen LogP contribution is -2.29. The third kappa shape index (κ3) is 5.49. The Morgan fingerprint density at radius 3 is 2.90 bits per heavy atom. The van der Waals surface area contributed by atoms with Crippen LogP contribution in [0.15, 0.2) is 11.8 Å². The number of hydrogen-bond donors (Lipinski definition) is 2. The number of hydrogen-bond acceptors (Lipinski definition) is 4. The molecule has 110 valence electrons. The number of carbonyl (C=O) groups excluding carboxylic acids is 2. The van der Waals surface area contributed by atoms with Crippen molar-refractivity contribution in [2.24, 2.45) is 0 Å². The summed E-state index contributed by atoms with van der Waals surface area (Å²) in [6.45, 7) is 2.48. The Balaban J connectivity index is 2.22. The first-order valence-electron chi connectivity index (χ1n) is 6.64. The van der Waals surface area contributed by atoms with E-state index in [-0.39, 0.29) is 11.5 Å². The van der Waals surface area contributed by atoms with Crippen LogP contribution >= 0.6 is 11.6 Å². The summed E-state index contributed by atoms with van der Waals surface area (Å²) in [5, 5.41) is 14.3. The van der Waals surface area contributed by atoms with Crippen molar-refractivity contribution in [1.82, 2.24) is 15.5 Å². The molecule has 1 saturated heterocycles. The van der Waals surface area contributed by atoms with Crippen molar-refractivity contribution >= 4 is 23.4 Å². The maximum Gasteiger partial charge on any atom is 0.263 e. The van der Waals surface area contributed by atoms with E-state index in [4.69, 9.17) is 16.9 Å². The summed E-state index contributed by atoms with van der Waals surface area (Å²) < 4.78 is 0. The van der Waals surface area contributed by atoms with E-state index in [2.05, 4.69) is 10.6 Å². The molecular weight excluding hydrogens is 280 g/mol. The zero-order valence-electron chi connectivity index (χ0n) is 11.3. The molecule has 1 heterocycles. The van der Waals surface area contributed by atoms with Gasteiger partial charge >= 0.3 is 0 Å². The Morgan fingerprint density at radius 2 is 2.30 bits per heavy atom. The minimum absolute atomic E-state index is 0.0207. The van der Waals surface area contributed by atoms with Crippen molar-refractivity contribution in [1.29, 1.82) is 5.26 Å². The van der Waals surface area contributed by atoms with Gasteiger partial charge in [-0.25, -0.2) is 0 Å². The fourth-order valence-corrected chi connectivity index (χ4v) is 1.99. The van der Waals surface area contributed by atoms with Gasteiger partial charge in [-0.15, -0.1) is 11.6 Å². The second-order valence-electron chi connectivity index (χ2n) is 4.41. The number of alkyl halides is 1. The summed E-state index contributed by atoms with van der Waals surface area (Å²) in [5.41, 5.74) is 0.0207. The van der Waals surface area contributed by atoms with Crippen LogP contribution in [0.5, 0.6) is 0 Å². The van der Waals surface area contributed by atoms with Crippen molar-refractivity contribution < 1.29 is 9.59 Å². The second-order valence-corrected chi connectivity index (χ2v) is 4.78. The highest BCUT2D eigenvalue weighted by molar-refractivity contribution is 6.18. The van der Waals surface area contributed by atoms with Crippen LogP contribution in [-0.4, -0.2) is 48.8 Å². The average molecular weight is 299 g/mol. The topological polar surface area (TPSA) is 85.2 Å². The van der Waals surface area contributed by atoms with Crippen molar-refractivity contribution in [2.75, 3.05) is 32.1 Å². The first kappa shape index (κ1) is 16.3. The molecule has 6 nitrogen and oxygen atoms in total. The molecule has 0 spiro atoms. The van der Waals surface area contributed by atoms with Crippen LogP contribution in [0.3, 0.4) is 0 Å². The Labute approximate surface area is 123 Å². The number of likely N-dealkylation sites (tertiary alicyclic amines) is 1. The number of halogens is 1. The predicted molar refractivity (Wildman–Crippen MR) is 75.9 cm³/mol. The highest BCUT2D eigenvalue weighted by atomic mass is 35.5. The smallest absolute Gasteiger partial charge is 0.263 e. The average Bonchev–Trinajstić information content (AvgIpc) is 2.85. The van der Waals surface area contributed by atoms with Crippen LogP contribution in [-0.2, 0) is 9.59 Å². The summed E-state index contributed by atoms with van der Waals surface area (Å²) in [7, 11) is 0. The van der Waals surface area contributed by atoms with E-state index in [1.54, 1.807) is 0 Å². The molecule has 2 N–H and O–H groups in total. The van der Waals surface area contributed by atoms with Crippen LogP contribution in [0.4, 0.5) is 0 Å². The number of nitrogens with one attached hydrogen (secondary N) is 2. The van der Waals surface area contributed by atoms with Crippen molar-refractivity contribution in [2.45, 2.75) is 19.3 Å². The van der Waals surface area contributed by atoms with Gasteiger partial charge in [-0.3, -0.25) is 9.59 Å². The van der Waals surface area contributed by atoms with E-state index < -0.39 is 5.91 Å². The lowest BCUT2D eigenvalue weighted by Gasteiger charge is -2.14. The van der Waals surface area contributed by atoms with Crippen molar-refractivity contribution in [3.05, 3.63) is 11.8 Å². The third-order valence-corrected chi connectivity index (χ3v) is 3.10. The minimum atomic E-state index is -0.435. The SMILES string of the molecule is N#C/C(=C/NCCCN1CCCC1=O)C(=O)NCCCl. The quantitative estimate of drug-likeness (QED) is 0.293. The molecule has 0 saturated carbocycles. The molecule has 0 bridgehead atoms. The molecule has 1 rings (SSSR count). The molecular formula is C13H19ClN4O2. The molecule has 1 aliphatic rings. The van der Waals surface area contributed by atoms with Gasteiger partial charge in [0.05, 0.1) is 0 Å². The molecule has 7 heteroatoms. The lowest BCUT2D eigenvalue weighted by atomic mass is 10.3. The fraction of sp³-hybridized carbons (Fsp3) is 0.615.